The standard InChI is InChI=1S/C9H6Cl3N3/c10-4-6-5-15(14-13-6)7-1-2-8(11)9(12)3-7/h1-3,5H,4H2. The normalized spacial score (nSPS) is 10.6. The molecule has 0 aliphatic rings. The Bertz CT molecular complexity index is 481. The molecule has 78 valence electrons. The van der Waals surface area contributed by atoms with Crippen molar-refractivity contribution in [3.63, 3.8) is 0 Å². The summed E-state index contributed by atoms with van der Waals surface area (Å²) in [5.41, 5.74) is 1.51. The number of rotatable bonds is 2. The summed E-state index contributed by atoms with van der Waals surface area (Å²) in [6, 6.07) is 5.23. The van der Waals surface area contributed by atoms with Crippen LogP contribution < -0.4 is 0 Å². The van der Waals surface area contributed by atoms with Gasteiger partial charge in [-0.25, -0.2) is 4.68 Å². The third-order valence-electron chi connectivity index (χ3n) is 1.85. The summed E-state index contributed by atoms with van der Waals surface area (Å²) in [7, 11) is 0. The molecule has 2 aromatic rings. The Morgan fingerprint density at radius 3 is 2.60 bits per heavy atom. The maximum atomic E-state index is 5.88. The summed E-state index contributed by atoms with van der Waals surface area (Å²) in [5, 5.41) is 8.77. The second-order valence-electron chi connectivity index (χ2n) is 2.89. The molecule has 0 radical (unpaired) electrons. The van der Waals surface area contributed by atoms with E-state index in [9.17, 15) is 0 Å². The van der Waals surface area contributed by atoms with Gasteiger partial charge in [-0.05, 0) is 18.2 Å². The molecule has 3 nitrogen and oxygen atoms in total. The smallest absolute Gasteiger partial charge is 0.0979 e. The minimum absolute atomic E-state index is 0.335. The van der Waals surface area contributed by atoms with Crippen LogP contribution in [0.25, 0.3) is 5.69 Å². The van der Waals surface area contributed by atoms with E-state index >= 15 is 0 Å². The Morgan fingerprint density at radius 1 is 1.20 bits per heavy atom. The van der Waals surface area contributed by atoms with Crippen LogP contribution >= 0.6 is 34.8 Å². The molecule has 2 rings (SSSR count). The van der Waals surface area contributed by atoms with E-state index in [-0.39, 0.29) is 0 Å². The van der Waals surface area contributed by atoms with Gasteiger partial charge in [-0.1, -0.05) is 28.4 Å². The van der Waals surface area contributed by atoms with Crippen LogP contribution in [-0.4, -0.2) is 15.0 Å². The molecule has 0 aliphatic heterocycles. The van der Waals surface area contributed by atoms with E-state index in [1.165, 1.54) is 0 Å². The van der Waals surface area contributed by atoms with Crippen LogP contribution in [0.3, 0.4) is 0 Å². The molecule has 6 heteroatoms. The molecule has 0 atom stereocenters. The van der Waals surface area contributed by atoms with E-state index in [0.29, 0.717) is 21.6 Å². The average molecular weight is 263 g/mol. The number of hydrogen-bond donors (Lipinski definition) is 0. The summed E-state index contributed by atoms with van der Waals surface area (Å²) in [6.07, 6.45) is 1.74. The molecule has 0 unspecified atom stereocenters. The van der Waals surface area contributed by atoms with Crippen LogP contribution in [-0.2, 0) is 5.88 Å². The van der Waals surface area contributed by atoms with E-state index in [2.05, 4.69) is 10.3 Å². The number of nitrogens with zero attached hydrogens (tertiary/aromatic N) is 3. The van der Waals surface area contributed by atoms with E-state index in [0.717, 1.165) is 5.69 Å². The molecule has 0 saturated carbocycles. The second kappa shape index (κ2) is 4.39. The Morgan fingerprint density at radius 2 is 2.00 bits per heavy atom. The van der Waals surface area contributed by atoms with Gasteiger partial charge in [0.1, 0.15) is 0 Å². The monoisotopic (exact) mass is 261 g/mol. The maximum absolute atomic E-state index is 5.88. The molecular formula is C9H6Cl3N3. The summed E-state index contributed by atoms with van der Waals surface area (Å²) in [4.78, 5) is 0. The zero-order valence-corrected chi connectivity index (χ0v) is 9.76. The quantitative estimate of drug-likeness (QED) is 0.777. The van der Waals surface area contributed by atoms with Gasteiger partial charge in [-0.15, -0.1) is 16.7 Å². The number of aromatic nitrogens is 3. The third-order valence-corrected chi connectivity index (χ3v) is 2.86. The number of halogens is 3. The van der Waals surface area contributed by atoms with Crippen molar-refractivity contribution in [2.45, 2.75) is 5.88 Å². The first-order chi connectivity index (χ1) is 7.20. The predicted octanol–water partition coefficient (Wildman–Crippen LogP) is 3.31. The highest BCUT2D eigenvalue weighted by atomic mass is 35.5. The fourth-order valence-corrected chi connectivity index (χ4v) is 1.53. The van der Waals surface area contributed by atoms with E-state index < -0.39 is 0 Å². The van der Waals surface area contributed by atoms with Crippen molar-refractivity contribution < 1.29 is 0 Å². The fourth-order valence-electron chi connectivity index (χ4n) is 1.11. The maximum Gasteiger partial charge on any atom is 0.0979 e. The van der Waals surface area contributed by atoms with E-state index in [1.54, 1.807) is 29.1 Å². The van der Waals surface area contributed by atoms with Crippen LogP contribution in [0, 0.1) is 0 Å². The SMILES string of the molecule is ClCc1cn(-c2ccc(Cl)c(Cl)c2)nn1. The van der Waals surface area contributed by atoms with Gasteiger partial charge in [0.25, 0.3) is 0 Å². The number of alkyl halides is 1. The molecule has 0 fully saturated rings. The summed E-state index contributed by atoms with van der Waals surface area (Å²) in [6.45, 7) is 0. The highest BCUT2D eigenvalue weighted by Crippen LogP contribution is 2.24. The van der Waals surface area contributed by atoms with Crippen LogP contribution in [0.2, 0.25) is 10.0 Å². The predicted molar refractivity (Wildman–Crippen MR) is 60.9 cm³/mol. The third kappa shape index (κ3) is 2.25. The average Bonchev–Trinajstić information content (AvgIpc) is 2.70. The van der Waals surface area contributed by atoms with Crippen molar-refractivity contribution >= 4 is 34.8 Å². The zero-order valence-electron chi connectivity index (χ0n) is 7.49. The van der Waals surface area contributed by atoms with Crippen molar-refractivity contribution in [3.8, 4) is 5.69 Å². The first-order valence-electron chi connectivity index (χ1n) is 4.13. The van der Waals surface area contributed by atoms with Gasteiger partial charge in [0, 0.05) is 0 Å². The lowest BCUT2D eigenvalue weighted by molar-refractivity contribution is 0.800. The van der Waals surface area contributed by atoms with Gasteiger partial charge in [0.05, 0.1) is 33.5 Å². The van der Waals surface area contributed by atoms with E-state index in [1.807, 2.05) is 0 Å². The molecule has 1 aromatic heterocycles. The minimum Gasteiger partial charge on any atom is -0.220 e. The molecule has 0 spiro atoms. The Labute approximate surface area is 102 Å². The molecule has 0 saturated heterocycles. The minimum atomic E-state index is 0.335. The summed E-state index contributed by atoms with van der Waals surface area (Å²) >= 11 is 17.3. The van der Waals surface area contributed by atoms with Crippen molar-refractivity contribution in [3.05, 3.63) is 40.1 Å². The number of hydrogen-bond acceptors (Lipinski definition) is 2. The van der Waals surface area contributed by atoms with Crippen molar-refractivity contribution in [2.75, 3.05) is 0 Å². The van der Waals surface area contributed by atoms with Gasteiger partial charge in [0.15, 0.2) is 0 Å². The molecule has 0 amide bonds. The molecular weight excluding hydrogens is 256 g/mol. The lowest BCUT2D eigenvalue weighted by atomic mass is 10.3. The van der Waals surface area contributed by atoms with Crippen LogP contribution in [0.5, 0.6) is 0 Å². The van der Waals surface area contributed by atoms with Gasteiger partial charge < -0.3 is 0 Å². The van der Waals surface area contributed by atoms with Crippen molar-refractivity contribution in [1.82, 2.24) is 15.0 Å². The molecule has 1 aromatic carbocycles. The van der Waals surface area contributed by atoms with Crippen molar-refractivity contribution in [2.24, 2.45) is 0 Å². The summed E-state index contributed by atoms with van der Waals surface area (Å²) < 4.78 is 1.60. The highest BCUT2D eigenvalue weighted by Gasteiger charge is 2.04. The van der Waals surface area contributed by atoms with Gasteiger partial charge >= 0.3 is 0 Å². The summed E-state index contributed by atoms with van der Waals surface area (Å²) in [5.74, 6) is 0.335. The largest absolute Gasteiger partial charge is 0.220 e. The van der Waals surface area contributed by atoms with Crippen LogP contribution in [0.15, 0.2) is 24.4 Å². The van der Waals surface area contributed by atoms with Gasteiger partial charge in [-0.3, -0.25) is 0 Å². The zero-order chi connectivity index (χ0) is 10.8. The lowest BCUT2D eigenvalue weighted by Gasteiger charge is -2.01. The van der Waals surface area contributed by atoms with Gasteiger partial charge in [-0.2, -0.15) is 0 Å². The fraction of sp³-hybridized carbons (Fsp3) is 0.111. The first-order valence-corrected chi connectivity index (χ1v) is 5.42. The molecule has 0 bridgehead atoms. The molecule has 1 heterocycles. The highest BCUT2D eigenvalue weighted by molar-refractivity contribution is 6.42. The molecule has 0 aliphatic carbocycles. The van der Waals surface area contributed by atoms with Crippen LogP contribution in [0.4, 0.5) is 0 Å². The Kier molecular flexibility index (Phi) is 3.14. The molecule has 15 heavy (non-hydrogen) atoms. The van der Waals surface area contributed by atoms with Crippen LogP contribution in [0.1, 0.15) is 5.69 Å². The second-order valence-corrected chi connectivity index (χ2v) is 3.97. The lowest BCUT2D eigenvalue weighted by Crippen LogP contribution is -1.94. The topological polar surface area (TPSA) is 30.7 Å². The number of benzene rings is 1. The Hall–Kier alpha value is -0.770. The van der Waals surface area contributed by atoms with E-state index in [4.69, 9.17) is 34.8 Å². The van der Waals surface area contributed by atoms with Gasteiger partial charge in [0.2, 0.25) is 0 Å². The molecule has 0 N–H and O–H groups in total. The Balaban J connectivity index is 2.40. The van der Waals surface area contributed by atoms with Crippen molar-refractivity contribution in [1.29, 1.82) is 0 Å². The first kappa shape index (κ1) is 10.7.